The Morgan fingerprint density at radius 2 is 2.06 bits per heavy atom. The van der Waals surface area contributed by atoms with Gasteiger partial charge in [-0.3, -0.25) is 23.7 Å². The lowest BCUT2D eigenvalue weighted by atomic mass is 10.3. The standard InChI is InChI=1S/C19H23BrN3O9P/c1-11-8-23(19(26)21-17(11)24)15-9-29-16(31-15)10-30-33(27,22-12(2)18(25)28-3)32-14-6-4-13(20)5-7-14/h4-8,12,15-16H,9-10H2,1-3H3,(H,22,27)(H,21,24,26)/t12-,15+,16+,33?/m0/s1. The summed E-state index contributed by atoms with van der Waals surface area (Å²) in [5.74, 6) is -0.438. The summed E-state index contributed by atoms with van der Waals surface area (Å²) in [5.41, 5.74) is -0.822. The third kappa shape index (κ3) is 6.62. The molecule has 0 spiro atoms. The molecule has 2 N–H and O–H groups in total. The number of aromatic nitrogens is 2. The Morgan fingerprint density at radius 1 is 1.36 bits per heavy atom. The van der Waals surface area contributed by atoms with E-state index < -0.39 is 43.5 Å². The fourth-order valence-corrected chi connectivity index (χ4v) is 4.57. The van der Waals surface area contributed by atoms with Crippen molar-refractivity contribution >= 4 is 29.6 Å². The topological polar surface area (TPSA) is 147 Å². The highest BCUT2D eigenvalue weighted by molar-refractivity contribution is 9.10. The lowest BCUT2D eigenvalue weighted by Gasteiger charge is -2.23. The maximum absolute atomic E-state index is 13.4. The predicted molar refractivity (Wildman–Crippen MR) is 119 cm³/mol. The van der Waals surface area contributed by atoms with Gasteiger partial charge in [0.25, 0.3) is 5.56 Å². The first-order valence-corrected chi connectivity index (χ1v) is 12.1. The summed E-state index contributed by atoms with van der Waals surface area (Å²) in [5, 5.41) is 2.52. The minimum absolute atomic E-state index is 0.0106. The number of carbonyl (C=O) groups excluding carboxylic acids is 1. The Kier molecular flexibility index (Phi) is 8.27. The van der Waals surface area contributed by atoms with E-state index in [0.717, 1.165) is 4.47 Å². The Balaban J connectivity index is 1.70. The van der Waals surface area contributed by atoms with Gasteiger partial charge in [0.2, 0.25) is 0 Å². The van der Waals surface area contributed by atoms with Crippen LogP contribution in [0.1, 0.15) is 18.7 Å². The third-order valence-electron chi connectivity index (χ3n) is 4.52. The molecule has 1 aliphatic heterocycles. The van der Waals surface area contributed by atoms with Crippen molar-refractivity contribution in [3.63, 3.8) is 0 Å². The van der Waals surface area contributed by atoms with Crippen LogP contribution in [0.5, 0.6) is 5.75 Å². The fourth-order valence-electron chi connectivity index (χ4n) is 2.83. The highest BCUT2D eigenvalue weighted by Gasteiger charge is 2.36. The molecule has 4 atom stereocenters. The van der Waals surface area contributed by atoms with Crippen molar-refractivity contribution in [2.75, 3.05) is 20.3 Å². The highest BCUT2D eigenvalue weighted by Crippen LogP contribution is 2.45. The van der Waals surface area contributed by atoms with E-state index >= 15 is 0 Å². The molecule has 1 aliphatic rings. The van der Waals surface area contributed by atoms with Crippen LogP contribution in [-0.2, 0) is 28.1 Å². The number of methoxy groups -OCH3 is 1. The molecular formula is C19H23BrN3O9P. The van der Waals surface area contributed by atoms with Crippen LogP contribution in [0, 0.1) is 6.92 Å². The normalized spacial score (nSPS) is 20.7. The molecular weight excluding hydrogens is 525 g/mol. The molecule has 0 amide bonds. The van der Waals surface area contributed by atoms with Gasteiger partial charge in [-0.15, -0.1) is 0 Å². The molecule has 2 heterocycles. The van der Waals surface area contributed by atoms with E-state index in [0.29, 0.717) is 5.56 Å². The molecule has 0 bridgehead atoms. The Bertz CT molecular complexity index is 1150. The summed E-state index contributed by atoms with van der Waals surface area (Å²) in [6.45, 7) is 2.64. The van der Waals surface area contributed by atoms with Crippen molar-refractivity contribution in [1.29, 1.82) is 0 Å². The number of H-pyrrole nitrogens is 1. The molecule has 0 saturated carbocycles. The average molecular weight is 548 g/mol. The number of halogens is 1. The van der Waals surface area contributed by atoms with Gasteiger partial charge in [-0.05, 0) is 38.1 Å². The maximum Gasteiger partial charge on any atom is 0.459 e. The second kappa shape index (κ2) is 10.8. The number of nitrogens with zero attached hydrogens (tertiary/aromatic N) is 1. The number of rotatable bonds is 9. The van der Waals surface area contributed by atoms with Gasteiger partial charge in [-0.1, -0.05) is 15.9 Å². The molecule has 33 heavy (non-hydrogen) atoms. The van der Waals surface area contributed by atoms with E-state index in [4.69, 9.17) is 18.5 Å². The Morgan fingerprint density at radius 3 is 2.73 bits per heavy atom. The monoisotopic (exact) mass is 547 g/mol. The van der Waals surface area contributed by atoms with Gasteiger partial charge < -0.3 is 18.7 Å². The predicted octanol–water partition coefficient (Wildman–Crippen LogP) is 1.83. The zero-order valence-corrected chi connectivity index (χ0v) is 20.5. The molecule has 1 saturated heterocycles. The first-order valence-electron chi connectivity index (χ1n) is 9.74. The molecule has 1 unspecified atom stereocenters. The van der Waals surface area contributed by atoms with Crippen LogP contribution in [0.25, 0.3) is 0 Å². The van der Waals surface area contributed by atoms with Crippen molar-refractivity contribution in [3.8, 4) is 5.75 Å². The lowest BCUT2D eigenvalue weighted by molar-refractivity contribution is -0.142. The van der Waals surface area contributed by atoms with E-state index in [1.54, 1.807) is 31.2 Å². The quantitative estimate of drug-likeness (QED) is 0.352. The third-order valence-corrected chi connectivity index (χ3v) is 6.69. The van der Waals surface area contributed by atoms with Crippen LogP contribution in [0.15, 0.2) is 44.5 Å². The number of benzene rings is 1. The molecule has 0 radical (unpaired) electrons. The van der Waals surface area contributed by atoms with E-state index in [-0.39, 0.29) is 19.0 Å². The molecule has 0 aliphatic carbocycles. The van der Waals surface area contributed by atoms with Crippen LogP contribution in [0.2, 0.25) is 0 Å². The molecule has 1 aromatic heterocycles. The number of esters is 1. The van der Waals surface area contributed by atoms with E-state index in [9.17, 15) is 18.9 Å². The summed E-state index contributed by atoms with van der Waals surface area (Å²) in [7, 11) is -2.89. The summed E-state index contributed by atoms with van der Waals surface area (Å²) < 4.78 is 42.1. The summed E-state index contributed by atoms with van der Waals surface area (Å²) in [4.78, 5) is 37.6. The number of ether oxygens (including phenoxy) is 3. The van der Waals surface area contributed by atoms with E-state index in [2.05, 4.69) is 30.7 Å². The van der Waals surface area contributed by atoms with Gasteiger partial charge in [-0.25, -0.2) is 9.36 Å². The number of hydrogen-bond donors (Lipinski definition) is 2. The summed E-state index contributed by atoms with van der Waals surface area (Å²) in [6.07, 6.45) is -0.457. The zero-order valence-electron chi connectivity index (χ0n) is 18.0. The second-order valence-corrected chi connectivity index (χ2v) is 9.65. The van der Waals surface area contributed by atoms with Gasteiger partial charge in [-0.2, -0.15) is 5.09 Å². The van der Waals surface area contributed by atoms with Crippen LogP contribution in [0.3, 0.4) is 0 Å². The molecule has 1 aromatic carbocycles. The number of aryl methyl sites for hydroxylation is 1. The molecule has 1 fully saturated rings. The van der Waals surface area contributed by atoms with Crippen molar-refractivity contribution in [2.45, 2.75) is 32.4 Å². The zero-order chi connectivity index (χ0) is 24.2. The van der Waals surface area contributed by atoms with Crippen molar-refractivity contribution in [1.82, 2.24) is 14.6 Å². The van der Waals surface area contributed by atoms with Gasteiger partial charge in [0, 0.05) is 16.2 Å². The first-order chi connectivity index (χ1) is 15.6. The molecule has 180 valence electrons. The van der Waals surface area contributed by atoms with Crippen molar-refractivity contribution in [2.24, 2.45) is 0 Å². The van der Waals surface area contributed by atoms with Gasteiger partial charge in [0.1, 0.15) is 18.4 Å². The van der Waals surface area contributed by atoms with Crippen molar-refractivity contribution < 1.29 is 32.6 Å². The first kappa shape index (κ1) is 25.3. The molecule has 12 nitrogen and oxygen atoms in total. The number of hydrogen-bond acceptors (Lipinski definition) is 9. The van der Waals surface area contributed by atoms with Gasteiger partial charge in [0.05, 0.1) is 13.7 Å². The van der Waals surface area contributed by atoms with Crippen molar-refractivity contribution in [3.05, 3.63) is 61.3 Å². The molecule has 14 heteroatoms. The van der Waals surface area contributed by atoms with Gasteiger partial charge in [0.15, 0.2) is 12.5 Å². The Labute approximate surface area is 196 Å². The van der Waals surface area contributed by atoms with Crippen LogP contribution in [0.4, 0.5) is 0 Å². The van der Waals surface area contributed by atoms with Crippen LogP contribution in [-0.4, -0.2) is 48.2 Å². The minimum atomic E-state index is -4.09. The Hall–Kier alpha value is -2.28. The maximum atomic E-state index is 13.4. The average Bonchev–Trinajstić information content (AvgIpc) is 3.25. The smallest absolute Gasteiger partial charge is 0.459 e. The number of carbonyl (C=O) groups is 1. The molecule has 3 rings (SSSR count). The second-order valence-electron chi connectivity index (χ2n) is 7.04. The lowest BCUT2D eigenvalue weighted by Crippen LogP contribution is -2.35. The number of aromatic amines is 1. The molecule has 2 aromatic rings. The van der Waals surface area contributed by atoms with Crippen LogP contribution >= 0.6 is 23.7 Å². The SMILES string of the molecule is COC(=O)[C@H](C)NP(=O)(OC[C@@H]1OC[C@H](n2cc(C)c(=O)[nH]c2=O)O1)Oc1ccc(Br)cc1. The highest BCUT2D eigenvalue weighted by atomic mass is 79.9. The number of nitrogens with one attached hydrogen (secondary N) is 2. The fraction of sp³-hybridized carbons (Fsp3) is 0.421. The minimum Gasteiger partial charge on any atom is -0.468 e. The van der Waals surface area contributed by atoms with Gasteiger partial charge >= 0.3 is 19.4 Å². The summed E-state index contributed by atoms with van der Waals surface area (Å²) >= 11 is 3.30. The van der Waals surface area contributed by atoms with Crippen LogP contribution < -0.4 is 20.9 Å². The largest absolute Gasteiger partial charge is 0.468 e. The summed E-state index contributed by atoms with van der Waals surface area (Å²) in [6, 6.07) is 5.49. The van der Waals surface area contributed by atoms with E-state index in [1.807, 2.05) is 0 Å². The van der Waals surface area contributed by atoms with E-state index in [1.165, 1.54) is 24.8 Å².